The summed E-state index contributed by atoms with van der Waals surface area (Å²) < 4.78 is 13.0. The molecule has 2 amide bonds. The zero-order valence-corrected chi connectivity index (χ0v) is 14.1. The maximum Gasteiger partial charge on any atom is 0.283 e. The van der Waals surface area contributed by atoms with E-state index < -0.39 is 17.6 Å². The molecule has 122 valence electrons. The van der Waals surface area contributed by atoms with Gasteiger partial charge in [-0.25, -0.2) is 9.29 Å². The summed E-state index contributed by atoms with van der Waals surface area (Å²) in [4.78, 5) is 25.8. The van der Waals surface area contributed by atoms with E-state index in [0.717, 1.165) is 4.90 Å². The van der Waals surface area contributed by atoms with Crippen LogP contribution >= 0.6 is 34.8 Å². The van der Waals surface area contributed by atoms with E-state index in [4.69, 9.17) is 34.8 Å². The number of hydrogen-bond donors (Lipinski definition) is 1. The molecule has 1 N–H and O–H groups in total. The van der Waals surface area contributed by atoms with E-state index in [0.29, 0.717) is 5.69 Å². The summed E-state index contributed by atoms with van der Waals surface area (Å²) in [6.45, 7) is 0. The van der Waals surface area contributed by atoms with E-state index in [-0.39, 0.29) is 26.5 Å². The molecule has 4 nitrogen and oxygen atoms in total. The van der Waals surface area contributed by atoms with Crippen molar-refractivity contribution in [3.63, 3.8) is 0 Å². The summed E-state index contributed by atoms with van der Waals surface area (Å²) in [5.41, 5.74) is 0.419. The summed E-state index contributed by atoms with van der Waals surface area (Å²) in [5, 5.41) is 2.70. The molecule has 0 bridgehead atoms. The van der Waals surface area contributed by atoms with Gasteiger partial charge >= 0.3 is 0 Å². The second-order valence-corrected chi connectivity index (χ2v) is 6.00. The highest BCUT2D eigenvalue weighted by molar-refractivity contribution is 6.54. The van der Waals surface area contributed by atoms with Crippen molar-refractivity contribution in [2.24, 2.45) is 0 Å². The maximum atomic E-state index is 13.0. The van der Waals surface area contributed by atoms with Gasteiger partial charge in [0.05, 0.1) is 15.7 Å². The fraction of sp³-hybridized carbons (Fsp3) is 0. The summed E-state index contributed by atoms with van der Waals surface area (Å²) in [6.07, 6.45) is 0. The third-order valence-electron chi connectivity index (χ3n) is 3.31. The number of nitrogens with zero attached hydrogens (tertiary/aromatic N) is 1. The number of hydrogen-bond acceptors (Lipinski definition) is 3. The molecule has 0 fully saturated rings. The quantitative estimate of drug-likeness (QED) is 0.788. The Morgan fingerprint density at radius 2 is 1.58 bits per heavy atom. The monoisotopic (exact) mass is 384 g/mol. The number of anilines is 2. The van der Waals surface area contributed by atoms with Gasteiger partial charge in [0.25, 0.3) is 11.8 Å². The van der Waals surface area contributed by atoms with Crippen LogP contribution in [0.4, 0.5) is 15.8 Å². The van der Waals surface area contributed by atoms with Gasteiger partial charge in [-0.1, -0.05) is 40.9 Å². The fourth-order valence-electron chi connectivity index (χ4n) is 2.17. The molecule has 0 saturated carbocycles. The molecular formula is C16H8Cl3FN2O2. The molecule has 0 unspecified atom stereocenters. The van der Waals surface area contributed by atoms with Gasteiger partial charge < -0.3 is 5.32 Å². The number of benzene rings is 2. The van der Waals surface area contributed by atoms with E-state index in [9.17, 15) is 14.0 Å². The first-order valence-corrected chi connectivity index (χ1v) is 7.78. The average Bonchev–Trinajstić information content (AvgIpc) is 2.76. The lowest BCUT2D eigenvalue weighted by atomic mass is 10.2. The second-order valence-electron chi connectivity index (χ2n) is 4.84. The Morgan fingerprint density at radius 1 is 0.917 bits per heavy atom. The third kappa shape index (κ3) is 2.86. The number of rotatable bonds is 3. The van der Waals surface area contributed by atoms with Crippen molar-refractivity contribution in [1.29, 1.82) is 0 Å². The predicted octanol–water partition coefficient (Wildman–Crippen LogP) is 4.57. The summed E-state index contributed by atoms with van der Waals surface area (Å²) in [6, 6.07) is 9.83. The lowest BCUT2D eigenvalue weighted by Crippen LogP contribution is -2.32. The normalized spacial score (nSPS) is 14.6. The minimum absolute atomic E-state index is 0.0633. The van der Waals surface area contributed by atoms with Gasteiger partial charge in [0.15, 0.2) is 0 Å². The predicted molar refractivity (Wildman–Crippen MR) is 91.9 cm³/mol. The van der Waals surface area contributed by atoms with Crippen molar-refractivity contribution in [3.05, 3.63) is 69.1 Å². The Kier molecular flexibility index (Phi) is 4.49. The van der Waals surface area contributed by atoms with Gasteiger partial charge in [-0.2, -0.15) is 0 Å². The molecule has 2 aromatic carbocycles. The summed E-state index contributed by atoms with van der Waals surface area (Å²) in [7, 11) is 0. The van der Waals surface area contributed by atoms with Crippen LogP contribution in [0.15, 0.2) is 53.2 Å². The first-order valence-electron chi connectivity index (χ1n) is 6.65. The van der Waals surface area contributed by atoms with Gasteiger partial charge in [0.2, 0.25) is 0 Å². The van der Waals surface area contributed by atoms with Gasteiger partial charge in [-0.05, 0) is 36.4 Å². The molecule has 0 aliphatic carbocycles. The van der Waals surface area contributed by atoms with Crippen LogP contribution in [0.1, 0.15) is 0 Å². The zero-order chi connectivity index (χ0) is 17.4. The van der Waals surface area contributed by atoms with Crippen molar-refractivity contribution < 1.29 is 14.0 Å². The fourth-order valence-corrected chi connectivity index (χ4v) is 2.77. The lowest BCUT2D eigenvalue weighted by molar-refractivity contribution is -0.120. The van der Waals surface area contributed by atoms with Crippen LogP contribution in [0.3, 0.4) is 0 Å². The molecular weight excluding hydrogens is 378 g/mol. The summed E-state index contributed by atoms with van der Waals surface area (Å²) >= 11 is 18.0. The number of carbonyl (C=O) groups excluding carboxylic acids is 2. The van der Waals surface area contributed by atoms with E-state index in [1.165, 1.54) is 36.4 Å². The van der Waals surface area contributed by atoms with E-state index in [1.54, 1.807) is 6.07 Å². The van der Waals surface area contributed by atoms with Crippen LogP contribution in [0.25, 0.3) is 0 Å². The highest BCUT2D eigenvalue weighted by Crippen LogP contribution is 2.37. The Labute approximate surface area is 151 Å². The molecule has 0 spiro atoms. The molecule has 8 heteroatoms. The first-order chi connectivity index (χ1) is 11.4. The molecule has 24 heavy (non-hydrogen) atoms. The number of carbonyl (C=O) groups is 2. The molecule has 0 atom stereocenters. The molecule has 3 rings (SSSR count). The van der Waals surface area contributed by atoms with Gasteiger partial charge in [0.1, 0.15) is 16.5 Å². The molecule has 1 heterocycles. The van der Waals surface area contributed by atoms with Crippen molar-refractivity contribution >= 4 is 58.0 Å². The third-order valence-corrected chi connectivity index (χ3v) is 4.47. The van der Waals surface area contributed by atoms with E-state index in [1.807, 2.05) is 0 Å². The van der Waals surface area contributed by atoms with Crippen LogP contribution in [0.5, 0.6) is 0 Å². The Balaban J connectivity index is 1.95. The number of imide groups is 1. The Morgan fingerprint density at radius 3 is 2.25 bits per heavy atom. The van der Waals surface area contributed by atoms with E-state index >= 15 is 0 Å². The van der Waals surface area contributed by atoms with Gasteiger partial charge in [0, 0.05) is 5.69 Å². The first kappa shape index (κ1) is 16.8. The Bertz CT molecular complexity index is 881. The summed E-state index contributed by atoms with van der Waals surface area (Å²) in [5.74, 6) is -1.84. The van der Waals surface area contributed by atoms with Gasteiger partial charge in [-0.3, -0.25) is 9.59 Å². The van der Waals surface area contributed by atoms with Crippen LogP contribution < -0.4 is 10.2 Å². The molecule has 0 radical (unpaired) electrons. The van der Waals surface area contributed by atoms with Crippen molar-refractivity contribution in [2.75, 3.05) is 10.2 Å². The van der Waals surface area contributed by atoms with Crippen molar-refractivity contribution in [2.45, 2.75) is 0 Å². The van der Waals surface area contributed by atoms with Crippen LogP contribution in [0, 0.1) is 5.82 Å². The van der Waals surface area contributed by atoms with Gasteiger partial charge in [-0.15, -0.1) is 0 Å². The van der Waals surface area contributed by atoms with Crippen molar-refractivity contribution in [3.8, 4) is 0 Å². The van der Waals surface area contributed by atoms with E-state index in [2.05, 4.69) is 5.32 Å². The Hall–Kier alpha value is -2.08. The molecule has 1 aliphatic rings. The van der Waals surface area contributed by atoms with Crippen LogP contribution in [-0.4, -0.2) is 11.8 Å². The number of halogens is 4. The standard InChI is InChI=1S/C16H8Cl3FN2O2/c17-10-2-1-3-11(12(10)18)22-15(23)13(19)14(16(22)24)21-9-6-4-8(20)5-7-9/h1-7,21H. The minimum atomic E-state index is -0.726. The topological polar surface area (TPSA) is 49.4 Å². The zero-order valence-electron chi connectivity index (χ0n) is 11.8. The molecule has 0 aromatic heterocycles. The average molecular weight is 386 g/mol. The van der Waals surface area contributed by atoms with Crippen LogP contribution in [0.2, 0.25) is 10.0 Å². The largest absolute Gasteiger partial charge is 0.350 e. The molecule has 0 saturated heterocycles. The van der Waals surface area contributed by atoms with Crippen molar-refractivity contribution in [1.82, 2.24) is 0 Å². The highest BCUT2D eigenvalue weighted by Gasteiger charge is 2.40. The van der Waals surface area contributed by atoms with Crippen LogP contribution in [-0.2, 0) is 9.59 Å². The molecule has 2 aromatic rings. The molecule has 1 aliphatic heterocycles. The second kappa shape index (κ2) is 6.43. The minimum Gasteiger partial charge on any atom is -0.350 e. The smallest absolute Gasteiger partial charge is 0.283 e. The SMILES string of the molecule is O=C1C(Cl)=C(Nc2ccc(F)cc2)C(=O)N1c1cccc(Cl)c1Cl. The number of amides is 2. The highest BCUT2D eigenvalue weighted by atomic mass is 35.5. The maximum absolute atomic E-state index is 13.0. The number of nitrogens with one attached hydrogen (secondary N) is 1. The lowest BCUT2D eigenvalue weighted by Gasteiger charge is -2.17.